The number of alkyl halides is 3. The average molecular weight is 334 g/mol. The van der Waals surface area contributed by atoms with Crippen molar-refractivity contribution in [2.75, 3.05) is 26.2 Å². The molecule has 0 saturated carbocycles. The summed E-state index contributed by atoms with van der Waals surface area (Å²) in [6.07, 6.45) is -4.55. The summed E-state index contributed by atoms with van der Waals surface area (Å²) in [5.74, 6) is -2.36. The van der Waals surface area contributed by atoms with Crippen LogP contribution in [0.3, 0.4) is 0 Å². The quantitative estimate of drug-likeness (QED) is 0.861. The number of hydrogen-bond donors (Lipinski definition) is 1. The van der Waals surface area contributed by atoms with E-state index in [0.29, 0.717) is 0 Å². The number of hydrogen-bond acceptors (Lipinski definition) is 3. The van der Waals surface area contributed by atoms with Gasteiger partial charge in [0.25, 0.3) is 5.91 Å². The highest BCUT2D eigenvalue weighted by Crippen LogP contribution is 2.34. The Morgan fingerprint density at radius 1 is 1.30 bits per heavy atom. The number of ether oxygens (including phenoxy) is 1. The molecule has 0 unspecified atom stereocenters. The monoisotopic (exact) mass is 334 g/mol. The zero-order chi connectivity index (χ0) is 17.0. The normalized spacial score (nSPS) is 16.5. The molecule has 1 heterocycles. The van der Waals surface area contributed by atoms with Crippen LogP contribution in [0.2, 0.25) is 0 Å². The van der Waals surface area contributed by atoms with Crippen LogP contribution < -0.4 is 10.5 Å². The van der Waals surface area contributed by atoms with Crippen molar-refractivity contribution in [1.29, 1.82) is 0 Å². The van der Waals surface area contributed by atoms with E-state index >= 15 is 0 Å². The Morgan fingerprint density at radius 2 is 1.96 bits per heavy atom. The van der Waals surface area contributed by atoms with Crippen LogP contribution in [0.15, 0.2) is 18.2 Å². The van der Waals surface area contributed by atoms with E-state index in [1.807, 2.05) is 0 Å². The standard InChI is InChI=1S/C15H18F4N2O2/c16-11-1-2-13(23-8-5-20)12(9-11)14(22)21-6-3-10(4-7-21)15(17,18)19/h1-2,9-10H,3-8,20H2. The van der Waals surface area contributed by atoms with Gasteiger partial charge in [-0.05, 0) is 31.0 Å². The van der Waals surface area contributed by atoms with Gasteiger partial charge < -0.3 is 15.4 Å². The van der Waals surface area contributed by atoms with Gasteiger partial charge in [0.1, 0.15) is 18.2 Å². The molecule has 2 N–H and O–H groups in total. The minimum atomic E-state index is -4.25. The van der Waals surface area contributed by atoms with E-state index in [1.165, 1.54) is 11.0 Å². The number of benzene rings is 1. The SMILES string of the molecule is NCCOc1ccc(F)cc1C(=O)N1CCC(C(F)(F)F)CC1. The van der Waals surface area contributed by atoms with Crippen molar-refractivity contribution in [2.45, 2.75) is 19.0 Å². The summed E-state index contributed by atoms with van der Waals surface area (Å²) in [5.41, 5.74) is 5.33. The fraction of sp³-hybridized carbons (Fsp3) is 0.533. The van der Waals surface area contributed by atoms with Crippen LogP contribution in [0.4, 0.5) is 17.6 Å². The number of nitrogens with two attached hydrogens (primary N) is 1. The van der Waals surface area contributed by atoms with Gasteiger partial charge in [-0.15, -0.1) is 0 Å². The molecule has 1 aliphatic rings. The number of rotatable bonds is 4. The van der Waals surface area contributed by atoms with Crippen molar-refractivity contribution >= 4 is 5.91 Å². The molecule has 1 aromatic rings. The largest absolute Gasteiger partial charge is 0.491 e. The summed E-state index contributed by atoms with van der Waals surface area (Å²) in [4.78, 5) is 13.8. The predicted octanol–water partition coefficient (Wildman–Crippen LogP) is 2.58. The first-order valence-corrected chi connectivity index (χ1v) is 7.31. The average Bonchev–Trinajstić information content (AvgIpc) is 2.52. The molecule has 1 fully saturated rings. The maximum absolute atomic E-state index is 13.4. The Bertz CT molecular complexity index is 555. The second kappa shape index (κ2) is 7.16. The third-order valence-corrected chi connectivity index (χ3v) is 3.79. The molecule has 0 aromatic heterocycles. The second-order valence-electron chi connectivity index (χ2n) is 5.39. The number of likely N-dealkylation sites (tertiary alicyclic amines) is 1. The fourth-order valence-electron chi connectivity index (χ4n) is 2.54. The smallest absolute Gasteiger partial charge is 0.391 e. The summed E-state index contributed by atoms with van der Waals surface area (Å²) in [6, 6.07) is 3.50. The third kappa shape index (κ3) is 4.34. The first-order valence-electron chi connectivity index (χ1n) is 7.31. The number of halogens is 4. The van der Waals surface area contributed by atoms with Gasteiger partial charge in [-0.3, -0.25) is 4.79 Å². The van der Waals surface area contributed by atoms with Crippen molar-refractivity contribution in [3.05, 3.63) is 29.6 Å². The molecule has 1 aromatic carbocycles. The Kier molecular flexibility index (Phi) is 5.46. The van der Waals surface area contributed by atoms with Crippen molar-refractivity contribution in [3.8, 4) is 5.75 Å². The number of carbonyl (C=O) groups excluding carboxylic acids is 1. The van der Waals surface area contributed by atoms with Crippen molar-refractivity contribution in [3.63, 3.8) is 0 Å². The van der Waals surface area contributed by atoms with Crippen molar-refractivity contribution < 1.29 is 27.1 Å². The van der Waals surface area contributed by atoms with Gasteiger partial charge >= 0.3 is 6.18 Å². The maximum Gasteiger partial charge on any atom is 0.391 e. The third-order valence-electron chi connectivity index (χ3n) is 3.79. The number of amides is 1. The molecule has 128 valence electrons. The molecule has 23 heavy (non-hydrogen) atoms. The predicted molar refractivity (Wildman–Crippen MR) is 75.6 cm³/mol. The van der Waals surface area contributed by atoms with Crippen LogP contribution in [0.5, 0.6) is 5.75 Å². The first-order chi connectivity index (χ1) is 10.8. The van der Waals surface area contributed by atoms with E-state index in [9.17, 15) is 22.4 Å². The van der Waals surface area contributed by atoms with Crippen LogP contribution in [-0.2, 0) is 0 Å². The molecule has 2 rings (SSSR count). The molecule has 0 radical (unpaired) electrons. The summed E-state index contributed by atoms with van der Waals surface area (Å²) in [6.45, 7) is 0.343. The zero-order valence-corrected chi connectivity index (χ0v) is 12.4. The maximum atomic E-state index is 13.4. The Morgan fingerprint density at radius 3 is 2.52 bits per heavy atom. The van der Waals surface area contributed by atoms with Crippen LogP contribution in [0, 0.1) is 11.7 Å². The van der Waals surface area contributed by atoms with Crippen LogP contribution in [-0.4, -0.2) is 43.2 Å². The van der Waals surface area contributed by atoms with Crippen molar-refractivity contribution in [1.82, 2.24) is 4.90 Å². The van der Waals surface area contributed by atoms with E-state index in [4.69, 9.17) is 10.5 Å². The molecule has 4 nitrogen and oxygen atoms in total. The first kappa shape index (κ1) is 17.5. The van der Waals surface area contributed by atoms with Gasteiger partial charge in [-0.1, -0.05) is 0 Å². The lowest BCUT2D eigenvalue weighted by molar-refractivity contribution is -0.183. The molecular weight excluding hydrogens is 316 g/mol. The molecule has 0 atom stereocenters. The van der Waals surface area contributed by atoms with Crippen molar-refractivity contribution in [2.24, 2.45) is 11.7 Å². The van der Waals surface area contributed by atoms with Crippen LogP contribution in [0.1, 0.15) is 23.2 Å². The molecule has 1 saturated heterocycles. The van der Waals surface area contributed by atoms with Crippen LogP contribution >= 0.6 is 0 Å². The Balaban J connectivity index is 2.10. The Hall–Kier alpha value is -1.83. The minimum absolute atomic E-state index is 0.00362. The van der Waals surface area contributed by atoms with Gasteiger partial charge in [0, 0.05) is 19.6 Å². The molecule has 1 amide bonds. The van der Waals surface area contributed by atoms with E-state index in [0.717, 1.165) is 12.1 Å². The highest BCUT2D eigenvalue weighted by atomic mass is 19.4. The van der Waals surface area contributed by atoms with Gasteiger partial charge in [-0.25, -0.2) is 4.39 Å². The lowest BCUT2D eigenvalue weighted by atomic mass is 9.96. The fourth-order valence-corrected chi connectivity index (χ4v) is 2.54. The minimum Gasteiger partial charge on any atom is -0.491 e. The van der Waals surface area contributed by atoms with Gasteiger partial charge in [0.2, 0.25) is 0 Å². The highest BCUT2D eigenvalue weighted by molar-refractivity contribution is 5.97. The topological polar surface area (TPSA) is 55.6 Å². The summed E-state index contributed by atoms with van der Waals surface area (Å²) < 4.78 is 56.7. The molecule has 1 aliphatic heterocycles. The zero-order valence-electron chi connectivity index (χ0n) is 12.4. The summed E-state index contributed by atoms with van der Waals surface area (Å²) >= 11 is 0. The molecule has 8 heteroatoms. The number of piperidine rings is 1. The molecular formula is C15H18F4N2O2. The van der Waals surface area contributed by atoms with E-state index in [2.05, 4.69) is 0 Å². The highest BCUT2D eigenvalue weighted by Gasteiger charge is 2.42. The summed E-state index contributed by atoms with van der Waals surface area (Å²) in [7, 11) is 0. The van der Waals surface area contributed by atoms with E-state index in [-0.39, 0.29) is 50.4 Å². The lowest BCUT2D eigenvalue weighted by Crippen LogP contribution is -2.42. The Labute approximate surface area is 131 Å². The second-order valence-corrected chi connectivity index (χ2v) is 5.39. The van der Waals surface area contributed by atoms with Gasteiger partial charge in [0.15, 0.2) is 0 Å². The van der Waals surface area contributed by atoms with E-state index in [1.54, 1.807) is 0 Å². The summed E-state index contributed by atoms with van der Waals surface area (Å²) in [5, 5.41) is 0. The number of carbonyl (C=O) groups is 1. The molecule has 0 aliphatic carbocycles. The molecule has 0 spiro atoms. The lowest BCUT2D eigenvalue weighted by Gasteiger charge is -2.33. The van der Waals surface area contributed by atoms with Gasteiger partial charge in [-0.2, -0.15) is 13.2 Å². The van der Waals surface area contributed by atoms with E-state index < -0.39 is 23.8 Å². The number of nitrogens with zero attached hydrogens (tertiary/aromatic N) is 1. The van der Waals surface area contributed by atoms with Crippen LogP contribution in [0.25, 0.3) is 0 Å². The van der Waals surface area contributed by atoms with Gasteiger partial charge in [0.05, 0.1) is 11.5 Å². The molecule has 0 bridgehead atoms.